The highest BCUT2D eigenvalue weighted by Gasteiger charge is 2.33. The fraction of sp³-hybridized carbons (Fsp3) is 0.167. The maximum absolute atomic E-state index is 13.7. The topological polar surface area (TPSA) is 69.9 Å². The molecule has 6 nitrogen and oxygen atoms in total. The average Bonchev–Trinajstić information content (AvgIpc) is 3.23. The first-order valence-corrected chi connectivity index (χ1v) is 13.4. The number of allylic oxidation sites excluding steroid dienone is 1. The summed E-state index contributed by atoms with van der Waals surface area (Å²) in [5, 5.41) is 0.662. The number of carbonyl (C=O) groups excluding carboxylic acids is 1. The summed E-state index contributed by atoms with van der Waals surface area (Å²) in [4.78, 5) is 31.7. The van der Waals surface area contributed by atoms with E-state index in [1.165, 1.54) is 11.3 Å². The Morgan fingerprint density at radius 2 is 1.76 bits per heavy atom. The van der Waals surface area contributed by atoms with Gasteiger partial charge in [0.15, 0.2) is 4.80 Å². The Morgan fingerprint density at radius 3 is 2.47 bits per heavy atom. The molecule has 0 N–H and O–H groups in total. The number of aromatic nitrogens is 1. The lowest BCUT2D eigenvalue weighted by Gasteiger charge is -2.24. The summed E-state index contributed by atoms with van der Waals surface area (Å²) in [6, 6.07) is 23.9. The number of fused-ring (bicyclic) bond motifs is 1. The SMILES string of the molecule is CCOC(=O)C1=C(C)N=c2s/c(=C\c3ccc(OCc4ccccc4Cl)cc3)c(=O)n2[C@@H]1c1ccccc1. The number of hydrogen-bond donors (Lipinski definition) is 0. The van der Waals surface area contributed by atoms with Crippen LogP contribution in [0, 0.1) is 0 Å². The second-order valence-corrected chi connectivity index (χ2v) is 10.1. The van der Waals surface area contributed by atoms with Crippen LogP contribution >= 0.6 is 22.9 Å². The molecule has 0 saturated heterocycles. The zero-order valence-electron chi connectivity index (χ0n) is 20.9. The highest BCUT2D eigenvalue weighted by molar-refractivity contribution is 7.07. The van der Waals surface area contributed by atoms with Gasteiger partial charge in [0.1, 0.15) is 12.4 Å². The predicted molar refractivity (Wildman–Crippen MR) is 149 cm³/mol. The Labute approximate surface area is 228 Å². The van der Waals surface area contributed by atoms with Crippen molar-refractivity contribution < 1.29 is 14.3 Å². The van der Waals surface area contributed by atoms with Crippen molar-refractivity contribution in [2.45, 2.75) is 26.5 Å². The van der Waals surface area contributed by atoms with E-state index in [2.05, 4.69) is 4.99 Å². The fourth-order valence-corrected chi connectivity index (χ4v) is 5.57. The van der Waals surface area contributed by atoms with Crippen LogP contribution in [0.25, 0.3) is 6.08 Å². The van der Waals surface area contributed by atoms with Gasteiger partial charge in [0.25, 0.3) is 5.56 Å². The van der Waals surface area contributed by atoms with Crippen LogP contribution in [0.2, 0.25) is 5.02 Å². The van der Waals surface area contributed by atoms with Gasteiger partial charge in [-0.25, -0.2) is 9.79 Å². The van der Waals surface area contributed by atoms with Crippen LogP contribution in [-0.4, -0.2) is 17.1 Å². The quantitative estimate of drug-likeness (QED) is 0.306. The minimum Gasteiger partial charge on any atom is -0.489 e. The number of carbonyl (C=O) groups is 1. The Hall–Kier alpha value is -3.94. The van der Waals surface area contributed by atoms with Crippen LogP contribution in [0.5, 0.6) is 5.75 Å². The van der Waals surface area contributed by atoms with Crippen molar-refractivity contribution in [3.8, 4) is 5.75 Å². The van der Waals surface area contributed by atoms with Crippen molar-refractivity contribution in [1.82, 2.24) is 4.57 Å². The Bertz CT molecular complexity index is 1690. The van der Waals surface area contributed by atoms with Gasteiger partial charge in [0.05, 0.1) is 28.5 Å². The first-order chi connectivity index (χ1) is 18.5. The summed E-state index contributed by atoms with van der Waals surface area (Å²) in [6.07, 6.45) is 1.83. The molecule has 0 bridgehead atoms. The number of halogens is 1. The molecule has 4 aromatic rings. The van der Waals surface area contributed by atoms with Crippen LogP contribution in [0.1, 0.15) is 36.6 Å². The zero-order chi connectivity index (χ0) is 26.6. The van der Waals surface area contributed by atoms with Gasteiger partial charge in [0, 0.05) is 10.6 Å². The molecule has 3 aromatic carbocycles. The van der Waals surface area contributed by atoms with Crippen molar-refractivity contribution in [2.24, 2.45) is 4.99 Å². The van der Waals surface area contributed by atoms with E-state index in [0.29, 0.717) is 38.0 Å². The lowest BCUT2D eigenvalue weighted by molar-refractivity contribution is -0.139. The smallest absolute Gasteiger partial charge is 0.338 e. The maximum atomic E-state index is 13.7. The number of nitrogens with zero attached hydrogens (tertiary/aromatic N) is 2. The van der Waals surface area contributed by atoms with Gasteiger partial charge in [-0.15, -0.1) is 0 Å². The normalized spacial score (nSPS) is 15.1. The van der Waals surface area contributed by atoms with Gasteiger partial charge in [0.2, 0.25) is 0 Å². The van der Waals surface area contributed by atoms with Gasteiger partial charge in [-0.3, -0.25) is 9.36 Å². The standard InChI is InChI=1S/C30H25ClN2O4S/c1-3-36-29(35)26-19(2)32-30-33(27(26)21-9-5-4-6-10-21)28(34)25(38-30)17-20-13-15-23(16-14-20)37-18-22-11-7-8-12-24(22)31/h4-17,27H,3,18H2,1-2H3/b25-17-/t27-/m1/s1. The fourth-order valence-electron chi connectivity index (χ4n) is 4.33. The van der Waals surface area contributed by atoms with E-state index < -0.39 is 12.0 Å². The minimum absolute atomic E-state index is 0.212. The third-order valence-electron chi connectivity index (χ3n) is 6.16. The summed E-state index contributed by atoms with van der Waals surface area (Å²) >= 11 is 7.51. The van der Waals surface area contributed by atoms with Gasteiger partial charge < -0.3 is 9.47 Å². The molecule has 38 heavy (non-hydrogen) atoms. The van der Waals surface area contributed by atoms with E-state index in [-0.39, 0.29) is 12.2 Å². The Balaban J connectivity index is 1.49. The maximum Gasteiger partial charge on any atom is 0.338 e. The first kappa shape index (κ1) is 25.7. The van der Waals surface area contributed by atoms with Gasteiger partial charge >= 0.3 is 5.97 Å². The van der Waals surface area contributed by atoms with Gasteiger partial charge in [-0.2, -0.15) is 0 Å². The van der Waals surface area contributed by atoms with Crippen LogP contribution in [0.4, 0.5) is 0 Å². The average molecular weight is 545 g/mol. The molecule has 1 aromatic heterocycles. The molecule has 0 aliphatic carbocycles. The van der Waals surface area contributed by atoms with Crippen LogP contribution < -0.4 is 19.6 Å². The molecule has 0 fully saturated rings. The molecule has 0 saturated carbocycles. The second kappa shape index (κ2) is 11.2. The third-order valence-corrected chi connectivity index (χ3v) is 7.51. The summed E-state index contributed by atoms with van der Waals surface area (Å²) in [6.45, 7) is 4.13. The molecule has 1 aliphatic heterocycles. The number of ether oxygens (including phenoxy) is 2. The van der Waals surface area contributed by atoms with Crippen molar-refractivity contribution in [3.63, 3.8) is 0 Å². The summed E-state index contributed by atoms with van der Waals surface area (Å²) in [7, 11) is 0. The zero-order valence-corrected chi connectivity index (χ0v) is 22.5. The lowest BCUT2D eigenvalue weighted by atomic mass is 9.96. The van der Waals surface area contributed by atoms with Crippen molar-refractivity contribution >= 4 is 35.0 Å². The molecular weight excluding hydrogens is 520 g/mol. The van der Waals surface area contributed by atoms with Crippen LogP contribution in [0.3, 0.4) is 0 Å². The molecule has 1 aliphatic rings. The predicted octanol–water partition coefficient (Wildman–Crippen LogP) is 5.03. The van der Waals surface area contributed by atoms with Gasteiger partial charge in [-0.05, 0) is 49.2 Å². The van der Waals surface area contributed by atoms with Crippen molar-refractivity contribution in [1.29, 1.82) is 0 Å². The Kier molecular flexibility index (Phi) is 7.58. The van der Waals surface area contributed by atoms with E-state index >= 15 is 0 Å². The lowest BCUT2D eigenvalue weighted by Crippen LogP contribution is -2.39. The second-order valence-electron chi connectivity index (χ2n) is 8.66. The number of benzene rings is 3. The highest BCUT2D eigenvalue weighted by atomic mass is 35.5. The third kappa shape index (κ3) is 5.21. The largest absolute Gasteiger partial charge is 0.489 e. The minimum atomic E-state index is -0.616. The number of esters is 1. The first-order valence-electron chi connectivity index (χ1n) is 12.2. The molecule has 192 valence electrons. The molecule has 8 heteroatoms. The monoisotopic (exact) mass is 544 g/mol. The van der Waals surface area contributed by atoms with E-state index in [4.69, 9.17) is 21.1 Å². The molecule has 0 unspecified atom stereocenters. The Morgan fingerprint density at radius 1 is 1.05 bits per heavy atom. The molecule has 5 rings (SSSR count). The van der Waals surface area contributed by atoms with Gasteiger partial charge in [-0.1, -0.05) is 83.6 Å². The molecule has 2 heterocycles. The molecular formula is C30H25ClN2O4S. The molecule has 0 amide bonds. The van der Waals surface area contributed by atoms with Crippen LogP contribution in [0.15, 0.2) is 99.9 Å². The molecule has 0 radical (unpaired) electrons. The van der Waals surface area contributed by atoms with Crippen molar-refractivity contribution in [3.05, 3.63) is 132 Å². The number of rotatable bonds is 7. The van der Waals surface area contributed by atoms with Crippen molar-refractivity contribution in [2.75, 3.05) is 6.61 Å². The molecule has 1 atom stereocenters. The summed E-state index contributed by atoms with van der Waals surface area (Å²) in [5.41, 5.74) is 3.28. The van der Waals surface area contributed by atoms with E-state index in [1.807, 2.05) is 84.9 Å². The van der Waals surface area contributed by atoms with E-state index in [0.717, 1.165) is 16.7 Å². The number of hydrogen-bond acceptors (Lipinski definition) is 6. The van der Waals surface area contributed by atoms with E-state index in [1.54, 1.807) is 18.4 Å². The number of thiazole rings is 1. The summed E-state index contributed by atoms with van der Waals surface area (Å²) in [5.74, 6) is 0.228. The van der Waals surface area contributed by atoms with Crippen LogP contribution in [-0.2, 0) is 16.1 Å². The summed E-state index contributed by atoms with van der Waals surface area (Å²) < 4.78 is 13.3. The highest BCUT2D eigenvalue weighted by Crippen LogP contribution is 2.30. The molecule has 0 spiro atoms. The van der Waals surface area contributed by atoms with E-state index in [9.17, 15) is 9.59 Å².